The molecule has 0 fully saturated rings. The van der Waals surface area contributed by atoms with Crippen LogP contribution in [-0.4, -0.2) is 35.6 Å². The predicted molar refractivity (Wildman–Crippen MR) is 129 cm³/mol. The molecule has 3 aromatic carbocycles. The standard InChI is InChI=1S/C25H23ClN2O3S/c1-31-23-12-11-19(13-21(23)26)27-24(29)22(16-32-15-17-7-3-2-4-8-17)28-14-18-9-5-6-10-20(18)25(28)30/h2-13,22H,14-16H2,1H3,(H,27,29). The smallest absolute Gasteiger partial charge is 0.255 e. The van der Waals surface area contributed by atoms with Crippen molar-refractivity contribution in [3.05, 3.63) is 94.5 Å². The predicted octanol–water partition coefficient (Wildman–Crippen LogP) is 5.25. The molecule has 0 saturated heterocycles. The molecule has 1 N–H and O–H groups in total. The van der Waals surface area contributed by atoms with Gasteiger partial charge in [0.15, 0.2) is 0 Å². The molecule has 0 radical (unpaired) electrons. The third kappa shape index (κ3) is 4.92. The Morgan fingerprint density at radius 3 is 2.59 bits per heavy atom. The highest BCUT2D eigenvalue weighted by molar-refractivity contribution is 7.98. The minimum atomic E-state index is -0.621. The summed E-state index contributed by atoms with van der Waals surface area (Å²) in [5, 5.41) is 3.33. The first-order valence-electron chi connectivity index (χ1n) is 10.2. The Bertz CT molecular complexity index is 1120. The SMILES string of the molecule is COc1ccc(NC(=O)C(CSCc2ccccc2)N2Cc3ccccc3C2=O)cc1Cl. The number of ether oxygens (including phenoxy) is 1. The van der Waals surface area contributed by atoms with E-state index in [1.165, 1.54) is 12.7 Å². The van der Waals surface area contributed by atoms with Crippen LogP contribution < -0.4 is 10.1 Å². The number of fused-ring (bicyclic) bond motifs is 1. The summed E-state index contributed by atoms with van der Waals surface area (Å²) in [6.45, 7) is 0.419. The number of hydrogen-bond donors (Lipinski definition) is 1. The van der Waals surface area contributed by atoms with Crippen LogP contribution in [0.5, 0.6) is 5.75 Å². The summed E-state index contributed by atoms with van der Waals surface area (Å²) in [5.41, 5.74) is 3.33. The van der Waals surface area contributed by atoms with Crippen molar-refractivity contribution in [2.45, 2.75) is 18.3 Å². The normalized spacial score (nSPS) is 13.6. The van der Waals surface area contributed by atoms with Crippen LogP contribution in [0.3, 0.4) is 0 Å². The third-order valence-electron chi connectivity index (χ3n) is 5.33. The van der Waals surface area contributed by atoms with Crippen molar-refractivity contribution in [1.29, 1.82) is 0 Å². The first kappa shape index (κ1) is 22.2. The summed E-state index contributed by atoms with van der Waals surface area (Å²) in [4.78, 5) is 28.0. The number of benzene rings is 3. The van der Waals surface area contributed by atoms with E-state index in [4.69, 9.17) is 16.3 Å². The molecule has 32 heavy (non-hydrogen) atoms. The van der Waals surface area contributed by atoms with Crippen molar-refractivity contribution in [3.63, 3.8) is 0 Å². The minimum absolute atomic E-state index is 0.117. The van der Waals surface area contributed by atoms with Crippen molar-refractivity contribution in [2.24, 2.45) is 0 Å². The molecule has 0 bridgehead atoms. The van der Waals surface area contributed by atoms with Crippen molar-refractivity contribution < 1.29 is 14.3 Å². The maximum Gasteiger partial charge on any atom is 0.255 e. The maximum atomic E-state index is 13.3. The lowest BCUT2D eigenvalue weighted by Crippen LogP contribution is -2.46. The molecule has 1 atom stereocenters. The topological polar surface area (TPSA) is 58.6 Å². The second-order valence-corrected chi connectivity index (χ2v) is 8.88. The van der Waals surface area contributed by atoms with E-state index in [0.717, 1.165) is 11.3 Å². The average molecular weight is 467 g/mol. The Morgan fingerprint density at radius 2 is 1.88 bits per heavy atom. The Kier molecular flexibility index (Phi) is 7.02. The van der Waals surface area contributed by atoms with Crippen molar-refractivity contribution >= 4 is 40.9 Å². The maximum absolute atomic E-state index is 13.3. The van der Waals surface area contributed by atoms with Crippen LogP contribution >= 0.6 is 23.4 Å². The molecule has 0 spiro atoms. The van der Waals surface area contributed by atoms with Crippen LogP contribution in [0.2, 0.25) is 5.02 Å². The quantitative estimate of drug-likeness (QED) is 0.493. The fraction of sp³-hybridized carbons (Fsp3) is 0.200. The van der Waals surface area contributed by atoms with Gasteiger partial charge in [-0.15, -0.1) is 0 Å². The number of nitrogens with zero attached hydrogens (tertiary/aromatic N) is 1. The van der Waals surface area contributed by atoms with Crippen LogP contribution in [0.1, 0.15) is 21.5 Å². The molecule has 4 rings (SSSR count). The van der Waals surface area contributed by atoms with Crippen LogP contribution in [0.15, 0.2) is 72.8 Å². The number of methoxy groups -OCH3 is 1. The molecule has 1 aliphatic heterocycles. The highest BCUT2D eigenvalue weighted by atomic mass is 35.5. The molecule has 164 valence electrons. The summed E-state index contributed by atoms with van der Waals surface area (Å²) in [7, 11) is 1.54. The second kappa shape index (κ2) is 10.1. The van der Waals surface area contributed by atoms with Gasteiger partial charge in [0.25, 0.3) is 5.91 Å². The van der Waals surface area contributed by atoms with E-state index in [1.807, 2.05) is 42.5 Å². The van der Waals surface area contributed by atoms with Gasteiger partial charge in [0, 0.05) is 29.3 Å². The number of carbonyl (C=O) groups is 2. The Morgan fingerprint density at radius 1 is 1.12 bits per heavy atom. The van der Waals surface area contributed by atoms with Crippen LogP contribution in [0.25, 0.3) is 0 Å². The monoisotopic (exact) mass is 466 g/mol. The molecule has 0 aliphatic carbocycles. The van der Waals surface area contributed by atoms with E-state index < -0.39 is 6.04 Å². The van der Waals surface area contributed by atoms with Crippen molar-refractivity contribution in [2.75, 3.05) is 18.2 Å². The van der Waals surface area contributed by atoms with Gasteiger partial charge in [-0.05, 0) is 35.4 Å². The lowest BCUT2D eigenvalue weighted by molar-refractivity contribution is -0.119. The van der Waals surface area contributed by atoms with E-state index in [1.54, 1.807) is 34.9 Å². The highest BCUT2D eigenvalue weighted by Crippen LogP contribution is 2.29. The molecule has 0 aromatic heterocycles. The van der Waals surface area contributed by atoms with Gasteiger partial charge in [0.1, 0.15) is 11.8 Å². The largest absolute Gasteiger partial charge is 0.495 e. The first-order valence-corrected chi connectivity index (χ1v) is 11.7. The molecule has 1 heterocycles. The third-order valence-corrected chi connectivity index (χ3v) is 6.72. The van der Waals surface area contributed by atoms with Crippen molar-refractivity contribution in [1.82, 2.24) is 4.90 Å². The summed E-state index contributed by atoms with van der Waals surface area (Å²) in [6.07, 6.45) is 0. The number of anilines is 1. The zero-order valence-corrected chi connectivity index (χ0v) is 19.2. The molecule has 5 nitrogen and oxygen atoms in total. The number of rotatable bonds is 8. The van der Waals surface area contributed by atoms with Gasteiger partial charge < -0.3 is 15.0 Å². The fourth-order valence-corrected chi connectivity index (χ4v) is 5.03. The van der Waals surface area contributed by atoms with E-state index in [9.17, 15) is 9.59 Å². The van der Waals surface area contributed by atoms with Gasteiger partial charge in [0.2, 0.25) is 5.91 Å². The zero-order valence-electron chi connectivity index (χ0n) is 17.6. The van der Waals surface area contributed by atoms with E-state index in [0.29, 0.717) is 34.3 Å². The fourth-order valence-electron chi connectivity index (χ4n) is 3.67. The molecule has 3 aromatic rings. The number of thioether (sulfide) groups is 1. The zero-order chi connectivity index (χ0) is 22.5. The summed E-state index contributed by atoms with van der Waals surface area (Å²) < 4.78 is 5.18. The number of nitrogens with one attached hydrogen (secondary N) is 1. The van der Waals surface area contributed by atoms with Crippen LogP contribution in [0, 0.1) is 0 Å². The number of carbonyl (C=O) groups excluding carboxylic acids is 2. The van der Waals surface area contributed by atoms with Gasteiger partial charge in [-0.3, -0.25) is 9.59 Å². The van der Waals surface area contributed by atoms with Crippen LogP contribution in [0.4, 0.5) is 5.69 Å². The van der Waals surface area contributed by atoms with Gasteiger partial charge in [-0.1, -0.05) is 60.1 Å². The van der Waals surface area contributed by atoms with Gasteiger partial charge in [-0.2, -0.15) is 11.8 Å². The lowest BCUT2D eigenvalue weighted by Gasteiger charge is -2.27. The Balaban J connectivity index is 1.52. The van der Waals surface area contributed by atoms with Crippen LogP contribution in [-0.2, 0) is 17.1 Å². The van der Waals surface area contributed by atoms with E-state index >= 15 is 0 Å². The highest BCUT2D eigenvalue weighted by Gasteiger charge is 2.36. The number of hydrogen-bond acceptors (Lipinski definition) is 4. The van der Waals surface area contributed by atoms with E-state index in [2.05, 4.69) is 17.4 Å². The summed E-state index contributed by atoms with van der Waals surface area (Å²) in [5.74, 6) is 1.41. The molecule has 1 unspecified atom stereocenters. The van der Waals surface area contributed by atoms with Gasteiger partial charge in [0.05, 0.1) is 12.1 Å². The molecule has 0 saturated carbocycles. The Labute approximate surface area is 196 Å². The van der Waals surface area contributed by atoms with Gasteiger partial charge in [-0.25, -0.2) is 0 Å². The van der Waals surface area contributed by atoms with Crippen molar-refractivity contribution in [3.8, 4) is 5.75 Å². The molecule has 1 aliphatic rings. The molecular weight excluding hydrogens is 444 g/mol. The van der Waals surface area contributed by atoms with E-state index in [-0.39, 0.29) is 11.8 Å². The summed E-state index contributed by atoms with van der Waals surface area (Å²) >= 11 is 7.84. The lowest BCUT2D eigenvalue weighted by atomic mass is 10.1. The molecule has 7 heteroatoms. The summed E-state index contributed by atoms with van der Waals surface area (Å²) in [6, 6.07) is 22.0. The number of amides is 2. The second-order valence-electron chi connectivity index (χ2n) is 7.45. The Hall–Kier alpha value is -2.96. The number of halogens is 1. The van der Waals surface area contributed by atoms with Gasteiger partial charge >= 0.3 is 0 Å². The first-order chi connectivity index (χ1) is 15.6. The molecular formula is C25H23ClN2O3S. The molecule has 2 amide bonds. The average Bonchev–Trinajstić information content (AvgIpc) is 3.14. The minimum Gasteiger partial charge on any atom is -0.495 e.